The fraction of sp³-hybridized carbons (Fsp3) is 0.389. The second-order valence-electron chi connectivity index (χ2n) is 6.29. The lowest BCUT2D eigenvalue weighted by molar-refractivity contribution is -0.137. The van der Waals surface area contributed by atoms with Crippen LogP contribution in [0.25, 0.3) is 11.1 Å². The monoisotopic (exact) mass is 333 g/mol. The highest BCUT2D eigenvalue weighted by molar-refractivity contribution is 5.76. The molecule has 0 unspecified atom stereocenters. The summed E-state index contributed by atoms with van der Waals surface area (Å²) in [5.74, 6) is 0.849. The molecule has 2 aliphatic rings. The quantitative estimate of drug-likeness (QED) is 0.866. The Morgan fingerprint density at radius 3 is 2.79 bits per heavy atom. The van der Waals surface area contributed by atoms with Gasteiger partial charge < -0.3 is 10.2 Å². The zero-order chi connectivity index (χ0) is 16.7. The minimum absolute atomic E-state index is 0.247. The van der Waals surface area contributed by atoms with Crippen molar-refractivity contribution >= 4 is 5.82 Å². The number of anilines is 1. The van der Waals surface area contributed by atoms with Crippen LogP contribution < -0.4 is 10.2 Å². The average Bonchev–Trinajstić information content (AvgIpc) is 2.60. The number of fused-ring (bicyclic) bond motifs is 3. The van der Waals surface area contributed by atoms with Gasteiger partial charge in [0.25, 0.3) is 0 Å². The second-order valence-corrected chi connectivity index (χ2v) is 6.29. The molecule has 3 nitrogen and oxygen atoms in total. The summed E-state index contributed by atoms with van der Waals surface area (Å²) in [6.07, 6.45) is -1.04. The van der Waals surface area contributed by atoms with E-state index in [4.69, 9.17) is 0 Å². The smallest absolute Gasteiger partial charge is 0.351 e. The summed E-state index contributed by atoms with van der Waals surface area (Å²) in [5, 5.41) is 3.37. The zero-order valence-corrected chi connectivity index (χ0v) is 13.1. The number of alkyl halides is 3. The third-order valence-electron chi connectivity index (χ3n) is 4.91. The van der Waals surface area contributed by atoms with Crippen molar-refractivity contribution in [3.05, 3.63) is 47.7 Å². The van der Waals surface area contributed by atoms with Gasteiger partial charge in [0, 0.05) is 37.4 Å². The summed E-state index contributed by atoms with van der Waals surface area (Å²) in [7, 11) is 0. The predicted octanol–water partition coefficient (Wildman–Crippen LogP) is 3.49. The van der Waals surface area contributed by atoms with E-state index in [1.54, 1.807) is 24.4 Å². The van der Waals surface area contributed by atoms with Crippen LogP contribution in [0.3, 0.4) is 0 Å². The van der Waals surface area contributed by atoms with E-state index in [0.29, 0.717) is 11.6 Å². The van der Waals surface area contributed by atoms with Crippen LogP contribution in [0.4, 0.5) is 19.0 Å². The maximum absolute atomic E-state index is 13.4. The maximum atomic E-state index is 13.4. The molecule has 0 spiro atoms. The molecule has 1 aromatic carbocycles. The van der Waals surface area contributed by atoms with Crippen LogP contribution in [0, 0.1) is 0 Å². The summed E-state index contributed by atoms with van der Waals surface area (Å²) >= 11 is 0. The summed E-state index contributed by atoms with van der Waals surface area (Å²) in [4.78, 5) is 6.74. The Morgan fingerprint density at radius 2 is 1.96 bits per heavy atom. The molecule has 3 heterocycles. The van der Waals surface area contributed by atoms with E-state index < -0.39 is 11.7 Å². The van der Waals surface area contributed by atoms with Crippen molar-refractivity contribution in [3.63, 3.8) is 0 Å². The summed E-state index contributed by atoms with van der Waals surface area (Å²) in [5.41, 5.74) is 1.26. The van der Waals surface area contributed by atoms with E-state index >= 15 is 0 Å². The fourth-order valence-electron chi connectivity index (χ4n) is 3.80. The maximum Gasteiger partial charge on any atom is 0.417 e. The molecule has 0 amide bonds. The number of hydrogen-bond acceptors (Lipinski definition) is 3. The Balaban J connectivity index is 1.85. The number of benzene rings is 1. The highest BCUT2D eigenvalue weighted by Crippen LogP contribution is 2.41. The molecule has 4 rings (SSSR count). The lowest BCUT2D eigenvalue weighted by atomic mass is 9.89. The van der Waals surface area contributed by atoms with E-state index in [0.717, 1.165) is 49.9 Å². The number of piperazine rings is 1. The Bertz CT molecular complexity index is 757. The number of pyridine rings is 1. The van der Waals surface area contributed by atoms with E-state index in [2.05, 4.69) is 15.2 Å². The Labute approximate surface area is 138 Å². The molecule has 24 heavy (non-hydrogen) atoms. The first-order chi connectivity index (χ1) is 11.6. The third-order valence-corrected chi connectivity index (χ3v) is 4.91. The molecule has 1 atom stereocenters. The number of nitrogens with zero attached hydrogens (tertiary/aromatic N) is 2. The molecule has 1 N–H and O–H groups in total. The van der Waals surface area contributed by atoms with Gasteiger partial charge in [-0.05, 0) is 36.1 Å². The number of halogens is 3. The lowest BCUT2D eigenvalue weighted by Gasteiger charge is -2.42. The van der Waals surface area contributed by atoms with Gasteiger partial charge in [-0.25, -0.2) is 4.98 Å². The van der Waals surface area contributed by atoms with Gasteiger partial charge in [0.2, 0.25) is 0 Å². The van der Waals surface area contributed by atoms with Crippen LogP contribution in [0.5, 0.6) is 0 Å². The average molecular weight is 333 g/mol. The SMILES string of the molecule is FC(F)(F)c1ccccc1-c1ccnc2c1CC[C@@H]1CNCCN21. The molecule has 1 aromatic heterocycles. The van der Waals surface area contributed by atoms with Crippen molar-refractivity contribution in [3.8, 4) is 11.1 Å². The number of rotatable bonds is 1. The van der Waals surface area contributed by atoms with Crippen molar-refractivity contribution in [2.45, 2.75) is 25.1 Å². The van der Waals surface area contributed by atoms with Crippen LogP contribution >= 0.6 is 0 Å². The molecule has 1 saturated heterocycles. The number of aromatic nitrogens is 1. The normalized spacial score (nSPS) is 20.5. The fourth-order valence-corrected chi connectivity index (χ4v) is 3.80. The highest BCUT2D eigenvalue weighted by Gasteiger charge is 2.35. The molecule has 0 bridgehead atoms. The van der Waals surface area contributed by atoms with Crippen molar-refractivity contribution in [2.24, 2.45) is 0 Å². The molecule has 0 aliphatic carbocycles. The number of hydrogen-bond donors (Lipinski definition) is 1. The van der Waals surface area contributed by atoms with Crippen LogP contribution in [-0.2, 0) is 12.6 Å². The summed E-state index contributed by atoms with van der Waals surface area (Å²) < 4.78 is 40.2. The van der Waals surface area contributed by atoms with Crippen LogP contribution in [-0.4, -0.2) is 30.7 Å². The van der Waals surface area contributed by atoms with Crippen molar-refractivity contribution < 1.29 is 13.2 Å². The van der Waals surface area contributed by atoms with Gasteiger partial charge in [-0.2, -0.15) is 13.2 Å². The van der Waals surface area contributed by atoms with E-state index in [9.17, 15) is 13.2 Å². The van der Waals surface area contributed by atoms with Crippen molar-refractivity contribution in [2.75, 3.05) is 24.5 Å². The molecule has 2 aromatic rings. The minimum atomic E-state index is -4.36. The topological polar surface area (TPSA) is 28.2 Å². The first kappa shape index (κ1) is 15.4. The Morgan fingerprint density at radius 1 is 1.12 bits per heavy atom. The van der Waals surface area contributed by atoms with Gasteiger partial charge >= 0.3 is 6.18 Å². The minimum Gasteiger partial charge on any atom is -0.351 e. The van der Waals surface area contributed by atoms with Crippen molar-refractivity contribution in [1.29, 1.82) is 0 Å². The molecule has 126 valence electrons. The molecule has 1 fully saturated rings. The van der Waals surface area contributed by atoms with Gasteiger partial charge in [-0.1, -0.05) is 18.2 Å². The second kappa shape index (κ2) is 5.77. The van der Waals surface area contributed by atoms with E-state index in [1.165, 1.54) is 6.07 Å². The highest BCUT2D eigenvalue weighted by atomic mass is 19.4. The molecule has 0 saturated carbocycles. The number of nitrogens with one attached hydrogen (secondary N) is 1. The zero-order valence-electron chi connectivity index (χ0n) is 13.1. The summed E-state index contributed by atoms with van der Waals surface area (Å²) in [6.45, 7) is 2.63. The van der Waals surface area contributed by atoms with Gasteiger partial charge in [-0.3, -0.25) is 0 Å². The van der Waals surface area contributed by atoms with E-state index in [-0.39, 0.29) is 5.56 Å². The molecule has 6 heteroatoms. The van der Waals surface area contributed by atoms with E-state index in [1.807, 2.05) is 0 Å². The van der Waals surface area contributed by atoms with Crippen molar-refractivity contribution in [1.82, 2.24) is 10.3 Å². The van der Waals surface area contributed by atoms with Crippen LogP contribution in [0.1, 0.15) is 17.5 Å². The molecular weight excluding hydrogens is 315 g/mol. The first-order valence-corrected chi connectivity index (χ1v) is 8.17. The standard InChI is InChI=1S/C18H18F3N3/c19-18(20,21)16-4-2-1-3-14(16)13-7-8-23-17-15(13)6-5-12-11-22-9-10-24(12)17/h1-4,7-8,12,22H,5-6,9-11H2/t12-/m1/s1. The van der Waals surface area contributed by atoms with Crippen LogP contribution in [0.2, 0.25) is 0 Å². The summed E-state index contributed by atoms with van der Waals surface area (Å²) in [6, 6.07) is 7.90. The van der Waals surface area contributed by atoms with Gasteiger partial charge in [0.05, 0.1) is 5.56 Å². The van der Waals surface area contributed by atoms with Crippen LogP contribution in [0.15, 0.2) is 36.5 Å². The first-order valence-electron chi connectivity index (χ1n) is 8.17. The van der Waals surface area contributed by atoms with Gasteiger partial charge in [0.1, 0.15) is 5.82 Å². The molecular formula is C18H18F3N3. The lowest BCUT2D eigenvalue weighted by Crippen LogP contribution is -2.53. The predicted molar refractivity (Wildman–Crippen MR) is 87.0 cm³/mol. The van der Waals surface area contributed by atoms with Gasteiger partial charge in [0.15, 0.2) is 0 Å². The molecule has 2 aliphatic heterocycles. The van der Waals surface area contributed by atoms with Gasteiger partial charge in [-0.15, -0.1) is 0 Å². The Hall–Kier alpha value is -2.08. The largest absolute Gasteiger partial charge is 0.417 e. The molecule has 0 radical (unpaired) electrons. The third kappa shape index (κ3) is 2.55. The Kier molecular flexibility index (Phi) is 3.72.